The van der Waals surface area contributed by atoms with Gasteiger partial charge in [-0.25, -0.2) is 0 Å². The number of hydrogen-bond donors (Lipinski definition) is 0. The zero-order valence-electron chi connectivity index (χ0n) is 81.8. The van der Waals surface area contributed by atoms with E-state index in [0.717, 1.165) is 47.3 Å². The highest BCUT2D eigenvalue weighted by molar-refractivity contribution is 5.43. The summed E-state index contributed by atoms with van der Waals surface area (Å²) < 4.78 is 0. The third-order valence-electron chi connectivity index (χ3n) is 28.3. The molecule has 4 fully saturated rings. The van der Waals surface area contributed by atoms with Crippen LogP contribution in [-0.2, 0) is 64.2 Å². The van der Waals surface area contributed by atoms with Crippen molar-refractivity contribution in [3.8, 4) is 0 Å². The lowest BCUT2D eigenvalue weighted by Gasteiger charge is -2.25. The second kappa shape index (κ2) is 56.1. The Labute approximate surface area is 723 Å². The van der Waals surface area contributed by atoms with Crippen molar-refractivity contribution in [3.05, 3.63) is 206 Å². The molecule has 4 saturated carbocycles. The van der Waals surface area contributed by atoms with Crippen LogP contribution in [-0.4, -0.2) is 0 Å². The SMILES string of the molecule is CCC(C)c1cc(C)c(C(C)CC)cc1C.CCCCCCc1cc(C)c(CCCCCC)cc1C.Cc1cc(CC(C)C)c(C)cc1CC(C)C.Cc1cc(CC2CCCCC2)c(C)cc1CC1CCCCC1.Cc1cc(CCC(C)C)c(C)cc1CCC(C)C.Cc1cc(CCC2CCCCC2)c(C)cc1CCC1CCCCC1. The Morgan fingerprint density at radius 1 is 0.233 bits per heavy atom. The van der Waals surface area contributed by atoms with Gasteiger partial charge in [0.25, 0.3) is 0 Å². The van der Waals surface area contributed by atoms with E-state index in [1.807, 2.05) is 0 Å². The Hall–Kier alpha value is -4.68. The second-order valence-electron chi connectivity index (χ2n) is 40.9. The Balaban J connectivity index is 0.000000250. The molecule has 0 aliphatic heterocycles. The number of benzene rings is 6. The summed E-state index contributed by atoms with van der Waals surface area (Å²) in [6.45, 7) is 59.7. The fourth-order valence-electron chi connectivity index (χ4n) is 19.9. The van der Waals surface area contributed by atoms with Gasteiger partial charge in [-0.2, -0.15) is 0 Å². The first-order valence-electron chi connectivity index (χ1n) is 50.0. The maximum atomic E-state index is 2.53. The molecular formula is C116H188. The lowest BCUT2D eigenvalue weighted by atomic mass is 9.81. The van der Waals surface area contributed by atoms with Crippen LogP contribution in [0, 0.1) is 130 Å². The number of aryl methyl sites for hydroxylation is 18. The van der Waals surface area contributed by atoms with Crippen molar-refractivity contribution in [3.63, 3.8) is 0 Å². The van der Waals surface area contributed by atoms with Gasteiger partial charge in [-0.3, -0.25) is 0 Å². The summed E-state index contributed by atoms with van der Waals surface area (Å²) in [5, 5.41) is 0. The minimum absolute atomic E-state index is 0.685. The van der Waals surface area contributed by atoms with Gasteiger partial charge in [0, 0.05) is 0 Å². The summed E-state index contributed by atoms with van der Waals surface area (Å²) in [7, 11) is 0. The van der Waals surface area contributed by atoms with Gasteiger partial charge in [0.05, 0.1) is 0 Å². The number of rotatable bonds is 34. The van der Waals surface area contributed by atoms with E-state index in [4.69, 9.17) is 0 Å². The molecule has 0 N–H and O–H groups in total. The number of unbranched alkanes of at least 4 members (excludes halogenated alkanes) is 6. The van der Waals surface area contributed by atoms with Crippen LogP contribution in [0.2, 0.25) is 0 Å². The van der Waals surface area contributed by atoms with E-state index in [9.17, 15) is 0 Å². The average molecular weight is 1580 g/mol. The maximum Gasteiger partial charge on any atom is -0.0190 e. The minimum atomic E-state index is 0.685. The van der Waals surface area contributed by atoms with E-state index in [1.54, 1.807) is 66.8 Å². The van der Waals surface area contributed by atoms with Crippen molar-refractivity contribution in [1.29, 1.82) is 0 Å². The first kappa shape index (κ1) is 102. The quantitative estimate of drug-likeness (QED) is 0.0353. The van der Waals surface area contributed by atoms with E-state index >= 15 is 0 Å². The molecule has 0 spiro atoms. The molecule has 6 aromatic carbocycles. The fraction of sp³-hybridized carbons (Fsp3) is 0.690. The van der Waals surface area contributed by atoms with Crippen molar-refractivity contribution < 1.29 is 0 Å². The lowest BCUT2D eigenvalue weighted by Crippen LogP contribution is -2.12. The van der Waals surface area contributed by atoms with Crippen molar-refractivity contribution >= 4 is 0 Å². The molecule has 0 heterocycles. The normalized spacial score (nSPS) is 15.6. The van der Waals surface area contributed by atoms with Gasteiger partial charge in [0.1, 0.15) is 0 Å². The van der Waals surface area contributed by atoms with Crippen molar-refractivity contribution in [2.24, 2.45) is 47.3 Å². The van der Waals surface area contributed by atoms with Crippen LogP contribution in [0.1, 0.15) is 461 Å². The molecule has 4 aliphatic carbocycles. The van der Waals surface area contributed by atoms with E-state index in [-0.39, 0.29) is 0 Å². The Morgan fingerprint density at radius 2 is 0.474 bits per heavy atom. The summed E-state index contributed by atoms with van der Waals surface area (Å²) in [6, 6.07) is 29.5. The van der Waals surface area contributed by atoms with Crippen LogP contribution in [0.15, 0.2) is 72.8 Å². The molecule has 2 unspecified atom stereocenters. The van der Waals surface area contributed by atoms with Crippen LogP contribution >= 0.6 is 0 Å². The zero-order valence-corrected chi connectivity index (χ0v) is 81.8. The van der Waals surface area contributed by atoms with Gasteiger partial charge in [-0.05, 0) is 391 Å². The predicted octanol–water partition coefficient (Wildman–Crippen LogP) is 35.9. The maximum absolute atomic E-state index is 2.53. The second-order valence-corrected chi connectivity index (χ2v) is 40.9. The third kappa shape index (κ3) is 38.2. The highest BCUT2D eigenvalue weighted by Gasteiger charge is 2.22. The molecular weight excluding hydrogens is 1390 g/mol. The van der Waals surface area contributed by atoms with E-state index in [0.29, 0.717) is 11.8 Å². The molecule has 10 rings (SSSR count). The molecule has 116 heavy (non-hydrogen) atoms. The van der Waals surface area contributed by atoms with Gasteiger partial charge in [-0.15, -0.1) is 0 Å². The monoisotopic (exact) mass is 1580 g/mol. The first-order chi connectivity index (χ1) is 55.4. The summed E-state index contributed by atoms with van der Waals surface area (Å²) in [5.74, 6) is 8.37. The molecule has 0 aromatic heterocycles. The molecule has 0 saturated heterocycles. The molecule has 0 nitrogen and oxygen atoms in total. The molecule has 652 valence electrons. The Bertz CT molecular complexity index is 3410. The van der Waals surface area contributed by atoms with Crippen molar-refractivity contribution in [1.82, 2.24) is 0 Å². The lowest BCUT2D eigenvalue weighted by molar-refractivity contribution is 0.338. The van der Waals surface area contributed by atoms with E-state index < -0.39 is 0 Å². The van der Waals surface area contributed by atoms with Gasteiger partial charge in [0.2, 0.25) is 0 Å². The van der Waals surface area contributed by atoms with Crippen molar-refractivity contribution in [2.45, 2.75) is 474 Å². The smallest absolute Gasteiger partial charge is 0.0190 e. The zero-order chi connectivity index (χ0) is 85.2. The minimum Gasteiger partial charge on any atom is -0.0654 e. The Morgan fingerprint density at radius 3 is 0.741 bits per heavy atom. The third-order valence-corrected chi connectivity index (χ3v) is 28.3. The van der Waals surface area contributed by atoms with Crippen LogP contribution in [0.5, 0.6) is 0 Å². The van der Waals surface area contributed by atoms with Gasteiger partial charge in [0.15, 0.2) is 0 Å². The predicted molar refractivity (Wildman–Crippen MR) is 522 cm³/mol. The van der Waals surface area contributed by atoms with Crippen LogP contribution in [0.25, 0.3) is 0 Å². The number of hydrogen-bond acceptors (Lipinski definition) is 0. The molecule has 4 aliphatic rings. The largest absolute Gasteiger partial charge is 0.0654 e. The first-order valence-corrected chi connectivity index (χ1v) is 50.0. The molecule has 6 aromatic rings. The highest BCUT2D eigenvalue weighted by Crippen LogP contribution is 2.36. The topological polar surface area (TPSA) is 0 Å². The van der Waals surface area contributed by atoms with Gasteiger partial charge >= 0.3 is 0 Å². The summed E-state index contributed by atoms with van der Waals surface area (Å²) in [5.41, 5.74) is 37.0. The van der Waals surface area contributed by atoms with E-state index in [1.165, 1.54) is 349 Å². The van der Waals surface area contributed by atoms with Crippen molar-refractivity contribution in [2.75, 3.05) is 0 Å². The van der Waals surface area contributed by atoms with Crippen LogP contribution in [0.3, 0.4) is 0 Å². The van der Waals surface area contributed by atoms with Gasteiger partial charge < -0.3 is 0 Å². The van der Waals surface area contributed by atoms with E-state index in [2.05, 4.69) is 253 Å². The Kier molecular flexibility index (Phi) is 49.3. The molecule has 0 amide bonds. The standard InChI is InChI=1S/C24H38.C22H34.C20H34.C18H30.2C16H26/c1-19-17-24(16-14-22-11-7-4-8-12-22)20(2)18-23(19)15-13-21-9-5-3-6-10-21;1-17-13-22(16-20-11-7-4-8-12-20)18(2)14-21(17)15-19-9-5-3-6-10-19;1-5-7-9-11-13-19-15-18(4)20(16-17(19)3)14-12-10-8-6-2;1-13(2)7-9-17-11-16(6)18(12-15(17)5)10-8-14(3)4;1-11(2)7-15-9-14(6)16(8-12(3)4)10-13(15)5;1-7-11(3)15-9-14(6)16(10-13(15)5)12(4)8-2/h17-18,21-22H,3-16H2,1-2H3;13-14,19-20H,3-12,15-16H2,1-2H3;15-16H,5-14H2,1-4H3;11-14H,7-10H2,1-6H3;2*9-12H,7-8H2,1-6H3. The average Bonchev–Trinajstić information content (AvgIpc) is 0.702. The van der Waals surface area contributed by atoms with Crippen LogP contribution in [0.4, 0.5) is 0 Å². The molecule has 2 atom stereocenters. The molecule has 0 bridgehead atoms. The fourth-order valence-corrected chi connectivity index (χ4v) is 19.9. The van der Waals surface area contributed by atoms with Gasteiger partial charge in [-0.1, -0.05) is 337 Å². The summed E-state index contributed by atoms with van der Waals surface area (Å²) in [4.78, 5) is 0. The molecule has 0 radical (unpaired) electrons. The summed E-state index contributed by atoms with van der Waals surface area (Å²) >= 11 is 0. The molecule has 0 heteroatoms. The summed E-state index contributed by atoms with van der Waals surface area (Å²) in [6.07, 6.45) is 60.8. The highest BCUT2D eigenvalue weighted by atomic mass is 14.3. The van der Waals surface area contributed by atoms with Crippen LogP contribution < -0.4 is 0 Å².